The number of hydrogen-bond donors (Lipinski definition) is 0. The first-order chi connectivity index (χ1) is 17.3. The van der Waals surface area contributed by atoms with E-state index in [0.29, 0.717) is 10.8 Å². The van der Waals surface area contributed by atoms with E-state index in [2.05, 4.69) is 58.3 Å². The van der Waals surface area contributed by atoms with Gasteiger partial charge in [0.15, 0.2) is 0 Å². The second-order valence-corrected chi connectivity index (χ2v) is 8.37. The Bertz CT molecular complexity index is 1190. The van der Waals surface area contributed by atoms with E-state index in [1.807, 2.05) is 84.9 Å². The molecule has 35 heavy (non-hydrogen) atoms. The van der Waals surface area contributed by atoms with Crippen molar-refractivity contribution in [3.8, 4) is 5.75 Å². The maximum Gasteiger partial charge on any atom is 0.123 e. The standard InChI is InChI=1S/C31H25ClN2O/c1-35-28-22-29(33(24-14-6-2-7-15-24)25-16-8-3-9-17-25)31(32)30(23-28)34(26-18-10-4-11-19-26)27-20-12-5-13-21-27/h2-23H,1H3. The van der Waals surface area contributed by atoms with E-state index in [1.54, 1.807) is 7.11 Å². The van der Waals surface area contributed by atoms with E-state index in [4.69, 9.17) is 16.3 Å². The number of hydrogen-bond acceptors (Lipinski definition) is 3. The van der Waals surface area contributed by atoms with Crippen LogP contribution in [-0.2, 0) is 0 Å². The molecule has 0 heterocycles. The van der Waals surface area contributed by atoms with Gasteiger partial charge in [0.25, 0.3) is 0 Å². The van der Waals surface area contributed by atoms with Crippen LogP contribution in [0.4, 0.5) is 34.1 Å². The van der Waals surface area contributed by atoms with E-state index in [9.17, 15) is 0 Å². The zero-order valence-electron chi connectivity index (χ0n) is 19.4. The third-order valence-electron chi connectivity index (χ3n) is 5.78. The van der Waals surface area contributed by atoms with Crippen LogP contribution in [0.15, 0.2) is 133 Å². The zero-order valence-corrected chi connectivity index (χ0v) is 20.1. The first kappa shape index (κ1) is 22.6. The number of para-hydroxylation sites is 4. The van der Waals surface area contributed by atoms with Crippen molar-refractivity contribution in [2.24, 2.45) is 0 Å². The van der Waals surface area contributed by atoms with Gasteiger partial charge in [0, 0.05) is 34.9 Å². The summed E-state index contributed by atoms with van der Waals surface area (Å²) >= 11 is 7.29. The molecule has 0 spiro atoms. The molecule has 0 radical (unpaired) electrons. The molecule has 0 amide bonds. The monoisotopic (exact) mass is 476 g/mol. The predicted molar refractivity (Wildman–Crippen MR) is 147 cm³/mol. The van der Waals surface area contributed by atoms with Crippen molar-refractivity contribution in [2.45, 2.75) is 0 Å². The number of rotatable bonds is 7. The molecule has 0 aliphatic rings. The van der Waals surface area contributed by atoms with Crippen molar-refractivity contribution in [3.05, 3.63) is 138 Å². The van der Waals surface area contributed by atoms with Gasteiger partial charge in [0.05, 0.1) is 23.5 Å². The largest absolute Gasteiger partial charge is 0.497 e. The Balaban J connectivity index is 1.77. The van der Waals surface area contributed by atoms with Gasteiger partial charge in [-0.3, -0.25) is 0 Å². The Kier molecular flexibility index (Phi) is 6.69. The number of halogens is 1. The number of benzene rings is 5. The van der Waals surface area contributed by atoms with Gasteiger partial charge in [-0.15, -0.1) is 0 Å². The highest BCUT2D eigenvalue weighted by Gasteiger charge is 2.23. The Morgan fingerprint density at radius 1 is 0.486 bits per heavy atom. The molecule has 0 unspecified atom stereocenters. The van der Waals surface area contributed by atoms with E-state index < -0.39 is 0 Å². The lowest BCUT2D eigenvalue weighted by Gasteiger charge is -2.31. The molecule has 172 valence electrons. The van der Waals surface area contributed by atoms with Crippen LogP contribution in [0.5, 0.6) is 5.75 Å². The minimum absolute atomic E-state index is 0.617. The van der Waals surface area contributed by atoms with Gasteiger partial charge >= 0.3 is 0 Å². The summed E-state index contributed by atoms with van der Waals surface area (Å²) in [5, 5.41) is 0.617. The summed E-state index contributed by atoms with van der Waals surface area (Å²) < 4.78 is 5.78. The van der Waals surface area contributed by atoms with Crippen LogP contribution >= 0.6 is 11.6 Å². The molecule has 4 heteroatoms. The van der Waals surface area contributed by atoms with E-state index in [1.165, 1.54) is 0 Å². The van der Waals surface area contributed by atoms with Crippen molar-refractivity contribution in [3.63, 3.8) is 0 Å². The lowest BCUT2D eigenvalue weighted by molar-refractivity contribution is 0.415. The first-order valence-electron chi connectivity index (χ1n) is 11.4. The molecule has 0 atom stereocenters. The van der Waals surface area contributed by atoms with Crippen LogP contribution in [0.1, 0.15) is 0 Å². The lowest BCUT2D eigenvalue weighted by atomic mass is 10.1. The van der Waals surface area contributed by atoms with Crippen LogP contribution in [0, 0.1) is 0 Å². The molecule has 0 aromatic heterocycles. The normalized spacial score (nSPS) is 10.6. The average Bonchev–Trinajstić information content (AvgIpc) is 2.93. The fourth-order valence-electron chi connectivity index (χ4n) is 4.18. The molecule has 0 saturated heterocycles. The number of methoxy groups -OCH3 is 1. The second kappa shape index (κ2) is 10.4. The third-order valence-corrected chi connectivity index (χ3v) is 6.17. The molecular weight excluding hydrogens is 452 g/mol. The van der Waals surface area contributed by atoms with Crippen molar-refractivity contribution in [1.82, 2.24) is 0 Å². The molecule has 0 aliphatic heterocycles. The highest BCUT2D eigenvalue weighted by molar-refractivity contribution is 6.36. The van der Waals surface area contributed by atoms with Gasteiger partial charge in [-0.1, -0.05) is 84.4 Å². The van der Waals surface area contributed by atoms with Crippen LogP contribution in [0.2, 0.25) is 5.02 Å². The van der Waals surface area contributed by atoms with Gasteiger partial charge in [0.1, 0.15) is 5.75 Å². The summed E-state index contributed by atoms with van der Waals surface area (Å²) in [6.45, 7) is 0. The molecular formula is C31H25ClN2O. The maximum absolute atomic E-state index is 7.29. The van der Waals surface area contributed by atoms with E-state index in [-0.39, 0.29) is 0 Å². The quantitative estimate of drug-likeness (QED) is 0.233. The van der Waals surface area contributed by atoms with Gasteiger partial charge in [-0.25, -0.2) is 0 Å². The number of ether oxygens (including phenoxy) is 1. The molecule has 0 aliphatic carbocycles. The fraction of sp³-hybridized carbons (Fsp3) is 0.0323. The maximum atomic E-state index is 7.29. The van der Waals surface area contributed by atoms with E-state index in [0.717, 1.165) is 34.1 Å². The fourth-order valence-corrected chi connectivity index (χ4v) is 4.45. The van der Waals surface area contributed by atoms with Crippen LogP contribution in [0.25, 0.3) is 0 Å². The Morgan fingerprint density at radius 2 is 0.771 bits per heavy atom. The van der Waals surface area contributed by atoms with Gasteiger partial charge in [0.2, 0.25) is 0 Å². The summed E-state index contributed by atoms with van der Waals surface area (Å²) in [4.78, 5) is 4.31. The molecule has 5 rings (SSSR count). The van der Waals surface area contributed by atoms with Crippen molar-refractivity contribution < 1.29 is 4.74 Å². The minimum Gasteiger partial charge on any atom is -0.497 e. The third kappa shape index (κ3) is 4.72. The Hall–Kier alpha value is -4.21. The lowest BCUT2D eigenvalue weighted by Crippen LogP contribution is -2.14. The van der Waals surface area contributed by atoms with Gasteiger partial charge in [-0.2, -0.15) is 0 Å². The second-order valence-electron chi connectivity index (χ2n) is 7.99. The average molecular weight is 477 g/mol. The van der Waals surface area contributed by atoms with Crippen LogP contribution in [0.3, 0.4) is 0 Å². The Labute approximate surface area is 211 Å². The molecule has 0 fully saturated rings. The number of nitrogens with zero attached hydrogens (tertiary/aromatic N) is 2. The summed E-state index contributed by atoms with van der Waals surface area (Å²) in [6, 6.07) is 44.9. The molecule has 0 N–H and O–H groups in total. The summed E-state index contributed by atoms with van der Waals surface area (Å²) in [6.07, 6.45) is 0. The summed E-state index contributed by atoms with van der Waals surface area (Å²) in [7, 11) is 1.68. The topological polar surface area (TPSA) is 15.7 Å². The van der Waals surface area contributed by atoms with Crippen molar-refractivity contribution in [1.29, 1.82) is 0 Å². The molecule has 5 aromatic rings. The van der Waals surface area contributed by atoms with E-state index >= 15 is 0 Å². The number of anilines is 6. The smallest absolute Gasteiger partial charge is 0.123 e. The summed E-state index contributed by atoms with van der Waals surface area (Å²) in [5.41, 5.74) is 5.68. The molecule has 0 bridgehead atoms. The minimum atomic E-state index is 0.617. The predicted octanol–water partition coefficient (Wildman–Crippen LogP) is 9.29. The zero-order chi connectivity index (χ0) is 24.0. The SMILES string of the molecule is COc1cc(N(c2ccccc2)c2ccccc2)c(Cl)c(N(c2ccccc2)c2ccccc2)c1. The molecule has 3 nitrogen and oxygen atoms in total. The van der Waals surface area contributed by atoms with Crippen molar-refractivity contribution >= 4 is 45.7 Å². The highest BCUT2D eigenvalue weighted by Crippen LogP contribution is 2.48. The van der Waals surface area contributed by atoms with Crippen LogP contribution in [-0.4, -0.2) is 7.11 Å². The first-order valence-corrected chi connectivity index (χ1v) is 11.8. The summed E-state index contributed by atoms with van der Waals surface area (Å²) in [5.74, 6) is 0.716. The Morgan fingerprint density at radius 3 is 1.03 bits per heavy atom. The van der Waals surface area contributed by atoms with Crippen LogP contribution < -0.4 is 14.5 Å². The van der Waals surface area contributed by atoms with Gasteiger partial charge < -0.3 is 14.5 Å². The van der Waals surface area contributed by atoms with Gasteiger partial charge in [-0.05, 0) is 48.5 Å². The molecule has 0 saturated carbocycles. The van der Waals surface area contributed by atoms with Crippen molar-refractivity contribution in [2.75, 3.05) is 16.9 Å². The highest BCUT2D eigenvalue weighted by atomic mass is 35.5. The molecule has 5 aromatic carbocycles.